The predicted octanol–water partition coefficient (Wildman–Crippen LogP) is 1.94. The van der Waals surface area contributed by atoms with E-state index in [1.165, 1.54) is 0 Å². The molecule has 0 aliphatic carbocycles. The van der Waals surface area contributed by atoms with E-state index in [-0.39, 0.29) is 18.3 Å². The van der Waals surface area contributed by atoms with Crippen molar-refractivity contribution in [3.8, 4) is 12.3 Å². The van der Waals surface area contributed by atoms with E-state index < -0.39 is 0 Å². The number of nitrogens with two attached hydrogens (primary N) is 1. The maximum Gasteiger partial charge on any atom is 0.307 e. The van der Waals surface area contributed by atoms with E-state index in [9.17, 15) is 4.79 Å². The SMILES string of the molecule is C#C[C@H](CC(=O)OCC)c1cccc(N)c1. The van der Waals surface area contributed by atoms with E-state index in [1.54, 1.807) is 19.1 Å². The minimum Gasteiger partial charge on any atom is -0.466 e. The molecule has 16 heavy (non-hydrogen) atoms. The molecule has 0 fully saturated rings. The molecule has 0 aliphatic rings. The van der Waals surface area contributed by atoms with Crippen LogP contribution in [0.25, 0.3) is 0 Å². The Morgan fingerprint density at radius 1 is 1.62 bits per heavy atom. The number of anilines is 1. The molecule has 1 rings (SSSR count). The fraction of sp³-hybridized carbons (Fsp3) is 0.308. The van der Waals surface area contributed by atoms with Gasteiger partial charge in [0.2, 0.25) is 0 Å². The summed E-state index contributed by atoms with van der Waals surface area (Å²) in [4.78, 5) is 11.3. The largest absolute Gasteiger partial charge is 0.466 e. The molecule has 0 radical (unpaired) electrons. The van der Waals surface area contributed by atoms with Gasteiger partial charge in [0.1, 0.15) is 0 Å². The first-order valence-electron chi connectivity index (χ1n) is 5.14. The molecule has 3 nitrogen and oxygen atoms in total. The lowest BCUT2D eigenvalue weighted by molar-refractivity contribution is -0.143. The molecule has 1 atom stereocenters. The molecule has 0 saturated carbocycles. The summed E-state index contributed by atoms with van der Waals surface area (Å²) >= 11 is 0. The molecule has 0 amide bonds. The maximum atomic E-state index is 11.3. The smallest absolute Gasteiger partial charge is 0.307 e. The molecule has 1 aromatic rings. The van der Waals surface area contributed by atoms with Crippen LogP contribution < -0.4 is 5.73 Å². The monoisotopic (exact) mass is 217 g/mol. The van der Waals surface area contributed by atoms with Crippen molar-refractivity contribution in [1.29, 1.82) is 0 Å². The number of benzene rings is 1. The summed E-state index contributed by atoms with van der Waals surface area (Å²) in [5, 5.41) is 0. The van der Waals surface area contributed by atoms with Crippen molar-refractivity contribution >= 4 is 11.7 Å². The van der Waals surface area contributed by atoms with Gasteiger partial charge in [-0.25, -0.2) is 0 Å². The predicted molar refractivity (Wildman–Crippen MR) is 63.7 cm³/mol. The van der Waals surface area contributed by atoms with E-state index in [0.717, 1.165) is 5.56 Å². The number of hydrogen-bond donors (Lipinski definition) is 1. The Labute approximate surface area is 95.6 Å². The summed E-state index contributed by atoms with van der Waals surface area (Å²) in [6, 6.07) is 7.24. The minimum absolute atomic E-state index is 0.188. The number of carbonyl (C=O) groups is 1. The number of esters is 1. The molecule has 0 aromatic heterocycles. The van der Waals surface area contributed by atoms with Crippen molar-refractivity contribution in [3.63, 3.8) is 0 Å². The molecule has 0 aliphatic heterocycles. The van der Waals surface area contributed by atoms with Crippen LogP contribution in [0.2, 0.25) is 0 Å². The fourth-order valence-corrected chi connectivity index (χ4v) is 1.44. The van der Waals surface area contributed by atoms with Crippen molar-refractivity contribution in [1.82, 2.24) is 0 Å². The van der Waals surface area contributed by atoms with Gasteiger partial charge in [-0.1, -0.05) is 18.1 Å². The van der Waals surface area contributed by atoms with Crippen molar-refractivity contribution in [2.24, 2.45) is 0 Å². The molecule has 2 N–H and O–H groups in total. The molecule has 0 heterocycles. The lowest BCUT2D eigenvalue weighted by Gasteiger charge is -2.10. The van der Waals surface area contributed by atoms with Gasteiger partial charge in [0.25, 0.3) is 0 Å². The third-order valence-electron chi connectivity index (χ3n) is 2.19. The normalized spacial score (nSPS) is 11.5. The van der Waals surface area contributed by atoms with Crippen LogP contribution in [0.1, 0.15) is 24.8 Å². The molecule has 0 saturated heterocycles. The number of carbonyl (C=O) groups excluding carboxylic acids is 1. The Balaban J connectivity index is 2.76. The first kappa shape index (κ1) is 12.1. The van der Waals surface area contributed by atoms with Gasteiger partial charge in [-0.2, -0.15) is 0 Å². The summed E-state index contributed by atoms with van der Waals surface area (Å²) in [5.41, 5.74) is 7.17. The molecule has 0 bridgehead atoms. The number of ether oxygens (including phenoxy) is 1. The average Bonchev–Trinajstić information content (AvgIpc) is 2.26. The molecular formula is C13H15NO2. The highest BCUT2D eigenvalue weighted by molar-refractivity contribution is 5.71. The van der Waals surface area contributed by atoms with Gasteiger partial charge >= 0.3 is 5.97 Å². The van der Waals surface area contributed by atoms with Crippen LogP contribution in [0.3, 0.4) is 0 Å². The van der Waals surface area contributed by atoms with Crippen molar-refractivity contribution in [3.05, 3.63) is 29.8 Å². The molecule has 0 unspecified atom stereocenters. The highest BCUT2D eigenvalue weighted by atomic mass is 16.5. The number of hydrogen-bond acceptors (Lipinski definition) is 3. The standard InChI is InChI=1S/C13H15NO2/c1-3-10(9-13(15)16-4-2)11-6-5-7-12(14)8-11/h1,5-8,10H,4,9,14H2,2H3/t10-/m1/s1. The van der Waals surface area contributed by atoms with Crippen LogP contribution in [0.5, 0.6) is 0 Å². The Bertz CT molecular complexity index is 407. The van der Waals surface area contributed by atoms with Gasteiger partial charge in [0.15, 0.2) is 0 Å². The lowest BCUT2D eigenvalue weighted by atomic mass is 9.96. The molecule has 1 aromatic carbocycles. The number of terminal acetylenes is 1. The van der Waals surface area contributed by atoms with Gasteiger partial charge < -0.3 is 10.5 Å². The number of nitrogen functional groups attached to an aromatic ring is 1. The van der Waals surface area contributed by atoms with Gasteiger partial charge in [0, 0.05) is 5.69 Å². The van der Waals surface area contributed by atoms with Crippen LogP contribution in [0.4, 0.5) is 5.69 Å². The third kappa shape index (κ3) is 3.32. The second kappa shape index (κ2) is 5.82. The van der Waals surface area contributed by atoms with Crippen LogP contribution >= 0.6 is 0 Å². The van der Waals surface area contributed by atoms with Gasteiger partial charge in [-0.3, -0.25) is 4.79 Å². The first-order valence-corrected chi connectivity index (χ1v) is 5.14. The van der Waals surface area contributed by atoms with E-state index in [2.05, 4.69) is 5.92 Å². The molecule has 0 spiro atoms. The fourth-order valence-electron chi connectivity index (χ4n) is 1.44. The Hall–Kier alpha value is -1.95. The quantitative estimate of drug-likeness (QED) is 0.476. The third-order valence-corrected chi connectivity index (χ3v) is 2.19. The molecule has 3 heteroatoms. The summed E-state index contributed by atoms with van der Waals surface area (Å²) in [6.07, 6.45) is 5.59. The second-order valence-corrected chi connectivity index (χ2v) is 3.40. The van der Waals surface area contributed by atoms with Crippen LogP contribution in [-0.2, 0) is 9.53 Å². The number of rotatable bonds is 4. The Kier molecular flexibility index (Phi) is 4.41. The maximum absolute atomic E-state index is 11.3. The average molecular weight is 217 g/mol. The topological polar surface area (TPSA) is 52.3 Å². The van der Waals surface area contributed by atoms with E-state index in [0.29, 0.717) is 12.3 Å². The Morgan fingerprint density at radius 2 is 2.38 bits per heavy atom. The van der Waals surface area contributed by atoms with Gasteiger partial charge in [0.05, 0.1) is 18.9 Å². The zero-order valence-electron chi connectivity index (χ0n) is 9.27. The Morgan fingerprint density at radius 3 is 2.94 bits per heavy atom. The van der Waals surface area contributed by atoms with E-state index >= 15 is 0 Å². The first-order chi connectivity index (χ1) is 7.67. The van der Waals surface area contributed by atoms with Crippen LogP contribution in [-0.4, -0.2) is 12.6 Å². The van der Waals surface area contributed by atoms with Crippen molar-refractivity contribution in [2.75, 3.05) is 12.3 Å². The highest BCUT2D eigenvalue weighted by Gasteiger charge is 2.14. The minimum atomic E-state index is -0.284. The van der Waals surface area contributed by atoms with Gasteiger partial charge in [-0.15, -0.1) is 6.42 Å². The van der Waals surface area contributed by atoms with Crippen LogP contribution in [0, 0.1) is 12.3 Å². The van der Waals surface area contributed by atoms with Crippen molar-refractivity contribution < 1.29 is 9.53 Å². The zero-order chi connectivity index (χ0) is 12.0. The van der Waals surface area contributed by atoms with Gasteiger partial charge in [-0.05, 0) is 24.6 Å². The molecule has 84 valence electrons. The van der Waals surface area contributed by atoms with E-state index in [4.69, 9.17) is 16.9 Å². The van der Waals surface area contributed by atoms with Crippen LogP contribution in [0.15, 0.2) is 24.3 Å². The zero-order valence-corrected chi connectivity index (χ0v) is 9.27. The second-order valence-electron chi connectivity index (χ2n) is 3.40. The summed E-state index contributed by atoms with van der Waals surface area (Å²) in [6.45, 7) is 2.14. The van der Waals surface area contributed by atoms with Crippen molar-refractivity contribution in [2.45, 2.75) is 19.3 Å². The lowest BCUT2D eigenvalue weighted by Crippen LogP contribution is -2.09. The molecular weight excluding hydrogens is 202 g/mol. The summed E-state index contributed by atoms with van der Waals surface area (Å²) < 4.78 is 4.86. The summed E-state index contributed by atoms with van der Waals surface area (Å²) in [5.74, 6) is 2.02. The highest BCUT2D eigenvalue weighted by Crippen LogP contribution is 2.21. The summed E-state index contributed by atoms with van der Waals surface area (Å²) in [7, 11) is 0. The van der Waals surface area contributed by atoms with E-state index in [1.807, 2.05) is 12.1 Å².